The number of benzene rings is 1. The molecule has 1 aromatic carbocycles. The number of carbonyl (C=O) groups is 2. The van der Waals surface area contributed by atoms with Crippen molar-refractivity contribution < 1.29 is 9.59 Å². The van der Waals surface area contributed by atoms with Crippen molar-refractivity contribution in [2.45, 2.75) is 6.92 Å². The summed E-state index contributed by atoms with van der Waals surface area (Å²) in [5.74, 6) is -0.334. The number of para-hydroxylation sites is 1. The number of carbonyl (C=O) groups excluding carboxylic acids is 2. The van der Waals surface area contributed by atoms with Gasteiger partial charge in [-0.1, -0.05) is 12.1 Å². The normalized spacial score (nSPS) is 17.5. The molecule has 4 nitrogen and oxygen atoms in total. The first-order chi connectivity index (χ1) is 9.06. The number of aromatic nitrogens is 1. The molecule has 0 atom stereocenters. The van der Waals surface area contributed by atoms with E-state index in [1.165, 1.54) is 0 Å². The number of rotatable bonds is 1. The lowest BCUT2D eigenvalue weighted by atomic mass is 10.1. The molecule has 0 saturated carbocycles. The van der Waals surface area contributed by atoms with Gasteiger partial charge in [0.2, 0.25) is 0 Å². The SMILES string of the molecule is Cc1[nH]c2c(Br)cccc2c1C=C1SC(=O)NC1=O. The van der Waals surface area contributed by atoms with Crippen molar-refractivity contribution in [2.24, 2.45) is 0 Å². The third-order valence-corrected chi connectivity index (χ3v) is 4.41. The van der Waals surface area contributed by atoms with Gasteiger partial charge >= 0.3 is 0 Å². The van der Waals surface area contributed by atoms with Crippen LogP contribution in [-0.4, -0.2) is 16.1 Å². The highest BCUT2D eigenvalue weighted by molar-refractivity contribution is 9.10. The molecule has 1 fully saturated rings. The molecule has 1 saturated heterocycles. The number of aromatic amines is 1. The second kappa shape index (κ2) is 4.54. The number of amides is 2. The molecule has 1 aliphatic rings. The van der Waals surface area contributed by atoms with Crippen LogP contribution in [0.25, 0.3) is 17.0 Å². The highest BCUT2D eigenvalue weighted by Gasteiger charge is 2.25. The third-order valence-electron chi connectivity index (χ3n) is 2.94. The molecule has 1 aliphatic heterocycles. The molecule has 3 rings (SSSR count). The molecule has 0 unspecified atom stereocenters. The van der Waals surface area contributed by atoms with Crippen LogP contribution in [0.3, 0.4) is 0 Å². The number of imide groups is 1. The number of halogens is 1. The van der Waals surface area contributed by atoms with Crippen LogP contribution in [0.2, 0.25) is 0 Å². The van der Waals surface area contributed by atoms with Crippen molar-refractivity contribution in [1.29, 1.82) is 0 Å². The summed E-state index contributed by atoms with van der Waals surface area (Å²) in [6.45, 7) is 1.94. The van der Waals surface area contributed by atoms with E-state index in [4.69, 9.17) is 0 Å². The van der Waals surface area contributed by atoms with Gasteiger partial charge < -0.3 is 4.98 Å². The lowest BCUT2D eigenvalue weighted by molar-refractivity contribution is -0.115. The number of aryl methyl sites for hydroxylation is 1. The Labute approximate surface area is 121 Å². The molecule has 2 heterocycles. The van der Waals surface area contributed by atoms with E-state index < -0.39 is 0 Å². The van der Waals surface area contributed by atoms with Crippen molar-refractivity contribution in [3.63, 3.8) is 0 Å². The zero-order valence-electron chi connectivity index (χ0n) is 9.91. The maximum atomic E-state index is 11.6. The quantitative estimate of drug-likeness (QED) is 0.782. The van der Waals surface area contributed by atoms with Crippen LogP contribution in [-0.2, 0) is 4.79 Å². The lowest BCUT2D eigenvalue weighted by Gasteiger charge is -1.96. The average Bonchev–Trinajstić information content (AvgIpc) is 2.83. The predicted molar refractivity (Wildman–Crippen MR) is 79.8 cm³/mol. The Morgan fingerprint density at radius 1 is 1.32 bits per heavy atom. The van der Waals surface area contributed by atoms with Crippen LogP contribution in [0, 0.1) is 6.92 Å². The molecular weight excluding hydrogens is 328 g/mol. The molecule has 1 aromatic heterocycles. The van der Waals surface area contributed by atoms with Gasteiger partial charge in [0.15, 0.2) is 0 Å². The minimum Gasteiger partial charge on any atom is -0.357 e. The van der Waals surface area contributed by atoms with E-state index in [0.29, 0.717) is 4.91 Å². The van der Waals surface area contributed by atoms with Gasteiger partial charge in [0, 0.05) is 21.1 Å². The fourth-order valence-corrected chi connectivity index (χ4v) is 3.20. The standard InChI is InChI=1S/C13H9BrN2O2S/c1-6-8(5-10-12(17)16-13(18)19-10)7-3-2-4-9(14)11(7)15-6/h2-5,15H,1H3,(H,16,17,18). The fourth-order valence-electron chi connectivity index (χ4n) is 2.07. The first-order valence-corrected chi connectivity index (χ1v) is 7.19. The van der Waals surface area contributed by atoms with Crippen molar-refractivity contribution in [3.8, 4) is 0 Å². The molecular formula is C13H9BrN2O2S. The van der Waals surface area contributed by atoms with Crippen molar-refractivity contribution in [2.75, 3.05) is 0 Å². The summed E-state index contributed by atoms with van der Waals surface area (Å²) in [6.07, 6.45) is 1.76. The van der Waals surface area contributed by atoms with E-state index in [9.17, 15) is 9.59 Å². The Morgan fingerprint density at radius 2 is 2.11 bits per heavy atom. The second-order valence-electron chi connectivity index (χ2n) is 4.18. The first kappa shape index (κ1) is 12.5. The van der Waals surface area contributed by atoms with Gasteiger partial charge in [0.1, 0.15) is 0 Å². The lowest BCUT2D eigenvalue weighted by Crippen LogP contribution is -2.17. The number of nitrogens with one attached hydrogen (secondary N) is 2. The van der Waals surface area contributed by atoms with Crippen LogP contribution in [0.1, 0.15) is 11.3 Å². The van der Waals surface area contributed by atoms with E-state index >= 15 is 0 Å². The van der Waals surface area contributed by atoms with E-state index in [1.54, 1.807) is 6.08 Å². The molecule has 19 heavy (non-hydrogen) atoms. The molecule has 0 radical (unpaired) electrons. The summed E-state index contributed by atoms with van der Waals surface area (Å²) in [5, 5.41) is 2.95. The second-order valence-corrected chi connectivity index (χ2v) is 6.05. The number of fused-ring (bicyclic) bond motifs is 1. The molecule has 0 spiro atoms. The summed E-state index contributed by atoms with van der Waals surface area (Å²) < 4.78 is 0.970. The molecule has 2 aromatic rings. The number of H-pyrrole nitrogens is 1. The Balaban J connectivity index is 2.19. The molecule has 6 heteroatoms. The summed E-state index contributed by atoms with van der Waals surface area (Å²) in [7, 11) is 0. The van der Waals surface area contributed by atoms with Crippen LogP contribution >= 0.6 is 27.7 Å². The van der Waals surface area contributed by atoms with Crippen LogP contribution < -0.4 is 5.32 Å². The van der Waals surface area contributed by atoms with Crippen LogP contribution in [0.5, 0.6) is 0 Å². The van der Waals surface area contributed by atoms with Gasteiger partial charge in [0.25, 0.3) is 11.1 Å². The Morgan fingerprint density at radius 3 is 2.79 bits per heavy atom. The van der Waals surface area contributed by atoms with E-state index in [2.05, 4.69) is 26.2 Å². The minimum absolute atomic E-state index is 0.324. The largest absolute Gasteiger partial charge is 0.357 e. The predicted octanol–water partition coefficient (Wildman–Crippen LogP) is 3.56. The molecule has 2 amide bonds. The number of hydrogen-bond acceptors (Lipinski definition) is 3. The van der Waals surface area contributed by atoms with Crippen LogP contribution in [0.4, 0.5) is 4.79 Å². The van der Waals surface area contributed by atoms with Gasteiger partial charge in [-0.2, -0.15) is 0 Å². The molecule has 96 valence electrons. The van der Waals surface area contributed by atoms with Gasteiger partial charge in [-0.3, -0.25) is 14.9 Å². The monoisotopic (exact) mass is 336 g/mol. The van der Waals surface area contributed by atoms with E-state index in [1.807, 2.05) is 25.1 Å². The zero-order valence-corrected chi connectivity index (χ0v) is 12.3. The maximum Gasteiger partial charge on any atom is 0.290 e. The number of hydrogen-bond donors (Lipinski definition) is 2. The molecule has 0 bridgehead atoms. The maximum absolute atomic E-state index is 11.6. The first-order valence-electron chi connectivity index (χ1n) is 5.58. The van der Waals surface area contributed by atoms with Crippen molar-refractivity contribution >= 4 is 55.8 Å². The summed E-state index contributed by atoms with van der Waals surface area (Å²) in [4.78, 5) is 26.5. The van der Waals surface area contributed by atoms with Gasteiger partial charge in [-0.05, 0) is 46.8 Å². The zero-order chi connectivity index (χ0) is 13.6. The molecule has 0 aliphatic carbocycles. The van der Waals surface area contributed by atoms with Gasteiger partial charge in [-0.15, -0.1) is 0 Å². The van der Waals surface area contributed by atoms with Crippen molar-refractivity contribution in [3.05, 3.63) is 38.8 Å². The van der Waals surface area contributed by atoms with Crippen molar-refractivity contribution in [1.82, 2.24) is 10.3 Å². The van der Waals surface area contributed by atoms with Crippen LogP contribution in [0.15, 0.2) is 27.6 Å². The Bertz CT molecular complexity index is 748. The summed E-state index contributed by atoms with van der Waals surface area (Å²) >= 11 is 4.42. The highest BCUT2D eigenvalue weighted by Crippen LogP contribution is 2.32. The summed E-state index contributed by atoms with van der Waals surface area (Å²) in [6, 6.07) is 5.87. The van der Waals surface area contributed by atoms with Gasteiger partial charge in [0.05, 0.1) is 10.4 Å². The molecule has 2 N–H and O–H groups in total. The topological polar surface area (TPSA) is 62.0 Å². The minimum atomic E-state index is -0.334. The Kier molecular flexibility index (Phi) is 2.99. The van der Waals surface area contributed by atoms with Gasteiger partial charge in [-0.25, -0.2) is 0 Å². The van der Waals surface area contributed by atoms with E-state index in [-0.39, 0.29) is 11.1 Å². The third kappa shape index (κ3) is 2.11. The Hall–Kier alpha value is -1.53. The van der Waals surface area contributed by atoms with E-state index in [0.717, 1.165) is 38.4 Å². The number of thioether (sulfide) groups is 1. The fraction of sp³-hybridized carbons (Fsp3) is 0.0769. The smallest absolute Gasteiger partial charge is 0.290 e. The summed E-state index contributed by atoms with van der Waals surface area (Å²) in [5.41, 5.74) is 2.88. The highest BCUT2D eigenvalue weighted by atomic mass is 79.9. The average molecular weight is 337 g/mol.